The van der Waals surface area contributed by atoms with E-state index in [1.807, 2.05) is 36.9 Å². The summed E-state index contributed by atoms with van der Waals surface area (Å²) in [5.41, 5.74) is 2.33. The van der Waals surface area contributed by atoms with Gasteiger partial charge in [0.25, 0.3) is 0 Å². The average Bonchev–Trinajstić information content (AvgIpc) is 3.96. The van der Waals surface area contributed by atoms with Crippen molar-refractivity contribution in [3.8, 4) is 0 Å². The smallest absolute Gasteiger partial charge is 0.186 e. The molecule has 0 N–H and O–H groups in total. The highest BCUT2D eigenvalue weighted by molar-refractivity contribution is 8.76. The Morgan fingerprint density at radius 3 is 0.924 bits per heavy atom. The number of nitrogens with zero attached hydrogens (tertiary/aromatic N) is 2. The van der Waals surface area contributed by atoms with Crippen LogP contribution in [0.25, 0.3) is 20.4 Å². The lowest BCUT2D eigenvalue weighted by Crippen LogP contribution is -2.27. The molecule has 4 rings (SSSR count). The third-order valence-corrected chi connectivity index (χ3v) is 25.2. The standard InChI is InChI=1S/C56H96N2O2S4Si2/c1-59-65(3,4)47-39-31-27-23-19-15-11-7-9-13-17-21-25-29-33-45-53(55-57-49-41-35-37-43-51(49)61-55)63-64-54(56-58-50-42-36-38-44-52(50)62-56)46-34-30-26-22-18-14-10-8-12-16-20-24-28-32-40-48-66(5,6)60-2/h35-38,41-44,53-54H,7-34,39-40,45-48H2,1-6H3. The summed E-state index contributed by atoms with van der Waals surface area (Å²) >= 11 is 3.85. The fourth-order valence-electron chi connectivity index (χ4n) is 9.18. The highest BCUT2D eigenvalue weighted by Gasteiger charge is 2.24. The van der Waals surface area contributed by atoms with Crippen molar-refractivity contribution >= 4 is 81.3 Å². The zero-order valence-corrected chi connectivity index (χ0v) is 48.4. The molecule has 2 aromatic carbocycles. The molecular formula is C56H96N2O2S4Si2. The predicted octanol–water partition coefficient (Wildman–Crippen LogP) is 21.3. The summed E-state index contributed by atoms with van der Waals surface area (Å²) < 4.78 is 14.0. The lowest BCUT2D eigenvalue weighted by atomic mass is 10.0. The van der Waals surface area contributed by atoms with Crippen LogP contribution in [0, 0.1) is 0 Å². The number of fused-ring (bicyclic) bond motifs is 2. The van der Waals surface area contributed by atoms with Crippen LogP contribution in [0.15, 0.2) is 48.5 Å². The largest absolute Gasteiger partial charge is 0.420 e. The molecule has 4 nitrogen and oxygen atoms in total. The molecule has 10 heteroatoms. The van der Waals surface area contributed by atoms with Gasteiger partial charge in [0.15, 0.2) is 16.6 Å². The second kappa shape index (κ2) is 35.4. The highest BCUT2D eigenvalue weighted by Crippen LogP contribution is 2.52. The average molecular weight is 1010 g/mol. The van der Waals surface area contributed by atoms with Crippen LogP contribution in [-0.2, 0) is 8.85 Å². The lowest BCUT2D eigenvalue weighted by molar-refractivity contribution is 0.400. The maximum absolute atomic E-state index is 5.70. The fourth-order valence-corrected chi connectivity index (χ4v) is 17.7. The van der Waals surface area contributed by atoms with Crippen LogP contribution in [0.3, 0.4) is 0 Å². The van der Waals surface area contributed by atoms with E-state index in [-0.39, 0.29) is 0 Å². The SMILES string of the molecule is CO[Si](C)(C)CCCCCCCCCCCCCCCCCC(SSC(CCCCCCCCCCCCCCCCC[Si](C)(C)OC)c1nc2ccccc2s1)c1nc2ccccc2s1. The van der Waals surface area contributed by atoms with Gasteiger partial charge in [0.2, 0.25) is 0 Å². The minimum absolute atomic E-state index is 0.430. The van der Waals surface area contributed by atoms with Gasteiger partial charge >= 0.3 is 0 Å². The molecule has 0 spiro atoms. The van der Waals surface area contributed by atoms with E-state index in [1.165, 1.54) is 237 Å². The van der Waals surface area contributed by atoms with Crippen LogP contribution in [0.1, 0.15) is 226 Å². The molecule has 2 heterocycles. The molecular weight excluding hydrogens is 917 g/mol. The van der Waals surface area contributed by atoms with Crippen LogP contribution in [0.2, 0.25) is 38.3 Å². The second-order valence-electron chi connectivity index (χ2n) is 20.8. The number of hydrogen-bond donors (Lipinski definition) is 0. The maximum Gasteiger partial charge on any atom is 0.186 e. The summed E-state index contributed by atoms with van der Waals surface area (Å²) in [6.45, 7) is 9.38. The number of hydrogen-bond acceptors (Lipinski definition) is 8. The summed E-state index contributed by atoms with van der Waals surface area (Å²) in [6, 6.07) is 20.1. The Morgan fingerprint density at radius 2 is 0.652 bits per heavy atom. The third-order valence-electron chi connectivity index (χ3n) is 14.1. The summed E-state index contributed by atoms with van der Waals surface area (Å²) in [7, 11) is 5.31. The Hall–Kier alpha value is -0.726. The van der Waals surface area contributed by atoms with E-state index in [2.05, 4.69) is 96.3 Å². The van der Waals surface area contributed by atoms with Gasteiger partial charge in [0.05, 0.1) is 30.9 Å². The molecule has 0 bridgehead atoms. The number of benzene rings is 2. The van der Waals surface area contributed by atoms with Gasteiger partial charge < -0.3 is 8.85 Å². The number of aromatic nitrogens is 2. The molecule has 2 unspecified atom stereocenters. The van der Waals surface area contributed by atoms with Crippen molar-refractivity contribution in [2.45, 2.75) is 254 Å². The van der Waals surface area contributed by atoms with Crippen molar-refractivity contribution in [1.29, 1.82) is 0 Å². The summed E-state index contributed by atoms with van der Waals surface area (Å²) in [6.07, 6.45) is 44.4. The molecule has 0 aliphatic rings. The maximum atomic E-state index is 5.70. The van der Waals surface area contributed by atoms with E-state index in [9.17, 15) is 0 Å². The van der Waals surface area contributed by atoms with Gasteiger partial charge in [-0.3, -0.25) is 0 Å². The first kappa shape index (κ1) is 57.8. The molecule has 0 saturated heterocycles. The van der Waals surface area contributed by atoms with Crippen molar-refractivity contribution in [1.82, 2.24) is 9.97 Å². The number of unbranched alkanes of at least 4 members (excludes halogenated alkanes) is 28. The Morgan fingerprint density at radius 1 is 0.394 bits per heavy atom. The van der Waals surface area contributed by atoms with Crippen LogP contribution in [0.5, 0.6) is 0 Å². The molecule has 0 saturated carbocycles. The molecule has 66 heavy (non-hydrogen) atoms. The van der Waals surface area contributed by atoms with Crippen LogP contribution < -0.4 is 0 Å². The van der Waals surface area contributed by atoms with Crippen molar-refractivity contribution in [2.24, 2.45) is 0 Å². The third kappa shape index (κ3) is 25.4. The summed E-state index contributed by atoms with van der Waals surface area (Å²) in [5, 5.41) is 3.50. The second-order valence-corrected chi connectivity index (χ2v) is 34.5. The van der Waals surface area contributed by atoms with Crippen molar-refractivity contribution < 1.29 is 8.85 Å². The lowest BCUT2D eigenvalue weighted by Gasteiger charge is -2.19. The quantitative estimate of drug-likeness (QED) is 0.0250. The summed E-state index contributed by atoms with van der Waals surface area (Å²) in [4.78, 5) is 10.4. The first-order valence-corrected chi connectivity index (χ1v) is 37.5. The summed E-state index contributed by atoms with van der Waals surface area (Å²) in [5.74, 6) is 0. The first-order valence-electron chi connectivity index (χ1n) is 27.3. The van der Waals surface area contributed by atoms with E-state index < -0.39 is 16.6 Å². The fraction of sp³-hybridized carbons (Fsp3) is 0.750. The molecule has 0 fully saturated rings. The van der Waals surface area contributed by atoms with Crippen molar-refractivity contribution in [3.05, 3.63) is 58.5 Å². The molecule has 374 valence electrons. The number of rotatable bonds is 43. The Kier molecular flexibility index (Phi) is 31.0. The highest BCUT2D eigenvalue weighted by atomic mass is 33.1. The number of para-hydroxylation sites is 2. The molecule has 0 amide bonds. The van der Waals surface area contributed by atoms with E-state index in [0.29, 0.717) is 10.5 Å². The van der Waals surface area contributed by atoms with Gasteiger partial charge in [0, 0.05) is 14.2 Å². The monoisotopic (exact) mass is 1010 g/mol. The van der Waals surface area contributed by atoms with E-state index in [4.69, 9.17) is 18.8 Å². The minimum Gasteiger partial charge on any atom is -0.420 e. The Labute approximate surface area is 424 Å². The van der Waals surface area contributed by atoms with Gasteiger partial charge in [-0.15, -0.1) is 22.7 Å². The van der Waals surface area contributed by atoms with Gasteiger partial charge in [-0.25, -0.2) is 9.97 Å². The van der Waals surface area contributed by atoms with Crippen LogP contribution in [0.4, 0.5) is 0 Å². The molecule has 2 atom stereocenters. The van der Waals surface area contributed by atoms with Gasteiger partial charge in [-0.05, 0) is 75.4 Å². The normalized spacial score (nSPS) is 13.4. The molecule has 4 aromatic rings. The van der Waals surface area contributed by atoms with E-state index in [0.717, 1.165) is 11.0 Å². The van der Waals surface area contributed by atoms with Crippen LogP contribution >= 0.6 is 44.3 Å². The molecule has 0 radical (unpaired) electrons. The van der Waals surface area contributed by atoms with Crippen molar-refractivity contribution in [3.63, 3.8) is 0 Å². The topological polar surface area (TPSA) is 44.2 Å². The molecule has 0 aliphatic carbocycles. The zero-order valence-electron chi connectivity index (χ0n) is 43.2. The van der Waals surface area contributed by atoms with Gasteiger partial charge in [-0.2, -0.15) is 0 Å². The van der Waals surface area contributed by atoms with Crippen LogP contribution in [-0.4, -0.2) is 40.8 Å². The number of thiazole rings is 2. The molecule has 2 aromatic heterocycles. The van der Waals surface area contributed by atoms with Crippen molar-refractivity contribution in [2.75, 3.05) is 14.2 Å². The van der Waals surface area contributed by atoms with Gasteiger partial charge in [0.1, 0.15) is 10.0 Å². The predicted molar refractivity (Wildman–Crippen MR) is 306 cm³/mol. The molecule has 0 aliphatic heterocycles. The Bertz CT molecular complexity index is 1590. The van der Waals surface area contributed by atoms with E-state index >= 15 is 0 Å². The minimum atomic E-state index is -1.35. The Balaban J connectivity index is 1.10. The zero-order chi connectivity index (χ0) is 47.0. The first-order chi connectivity index (χ1) is 32.2. The van der Waals surface area contributed by atoms with E-state index in [1.54, 1.807) is 0 Å². The van der Waals surface area contributed by atoms with Gasteiger partial charge in [-0.1, -0.05) is 238 Å².